The van der Waals surface area contributed by atoms with E-state index in [0.717, 1.165) is 5.56 Å². The van der Waals surface area contributed by atoms with Crippen LogP contribution in [-0.2, 0) is 16.3 Å². The van der Waals surface area contributed by atoms with Gasteiger partial charge in [0.05, 0.1) is 4.90 Å². The van der Waals surface area contributed by atoms with Gasteiger partial charge in [0.1, 0.15) is 0 Å². The minimum Gasteiger partial charge on any atom is -0.219 e. The van der Waals surface area contributed by atoms with Gasteiger partial charge < -0.3 is 0 Å². The second kappa shape index (κ2) is 3.96. The minimum absolute atomic E-state index is 0.309. The van der Waals surface area contributed by atoms with Crippen LogP contribution in [0.4, 0.5) is 0 Å². The van der Waals surface area contributed by atoms with Gasteiger partial charge in [-0.05, 0) is 11.6 Å². The van der Waals surface area contributed by atoms with Crippen LogP contribution in [0.15, 0.2) is 40.6 Å². The maximum Gasteiger partial charge on any atom is 0.202 e. The molecule has 0 saturated heterocycles. The largest absolute Gasteiger partial charge is 0.219 e. The maximum atomic E-state index is 11.5. The summed E-state index contributed by atoms with van der Waals surface area (Å²) in [6.45, 7) is 7.53. The molecule has 1 aliphatic heterocycles. The highest BCUT2D eigenvalue weighted by Crippen LogP contribution is 2.32. The first-order valence-electron chi connectivity index (χ1n) is 4.63. The third-order valence-electron chi connectivity index (χ3n) is 2.03. The first-order valence-corrected chi connectivity index (χ1v) is 6.11. The Kier molecular flexibility index (Phi) is 3.11. The van der Waals surface area contributed by atoms with Crippen LogP contribution in [-0.4, -0.2) is 8.42 Å². The van der Waals surface area contributed by atoms with E-state index in [1.165, 1.54) is 0 Å². The summed E-state index contributed by atoms with van der Waals surface area (Å²) in [6, 6.07) is 7.02. The van der Waals surface area contributed by atoms with E-state index in [9.17, 15) is 8.42 Å². The maximum absolute atomic E-state index is 11.5. The number of allylic oxidation sites excluding steroid dienone is 1. The molecule has 3 heteroatoms. The molecular weight excluding hydrogens is 196 g/mol. The summed E-state index contributed by atoms with van der Waals surface area (Å²) < 4.78 is 23.0. The third kappa shape index (κ3) is 1.60. The first kappa shape index (κ1) is 11.0. The van der Waals surface area contributed by atoms with E-state index in [0.29, 0.717) is 16.2 Å². The minimum atomic E-state index is -3.18. The van der Waals surface area contributed by atoms with Crippen LogP contribution in [0.3, 0.4) is 0 Å². The monoisotopic (exact) mass is 210 g/mol. The molecule has 0 bridgehead atoms. The zero-order chi connectivity index (χ0) is 10.8. The van der Waals surface area contributed by atoms with E-state index in [2.05, 4.69) is 6.58 Å². The van der Waals surface area contributed by atoms with Crippen molar-refractivity contribution in [2.45, 2.75) is 25.2 Å². The Hall–Kier alpha value is -1.09. The van der Waals surface area contributed by atoms with Gasteiger partial charge in [0, 0.05) is 11.3 Å². The van der Waals surface area contributed by atoms with Gasteiger partial charge >= 0.3 is 0 Å². The van der Waals surface area contributed by atoms with E-state index in [1.807, 2.05) is 26.0 Å². The Balaban J connectivity index is 0.000000461. The Labute approximate surface area is 85.2 Å². The Bertz CT molecular complexity index is 444. The lowest BCUT2D eigenvalue weighted by molar-refractivity contribution is 0.604. The Morgan fingerprint density at radius 2 is 1.79 bits per heavy atom. The van der Waals surface area contributed by atoms with Gasteiger partial charge in [-0.25, -0.2) is 8.42 Å². The predicted molar refractivity (Wildman–Crippen MR) is 57.8 cm³/mol. The van der Waals surface area contributed by atoms with Crippen molar-refractivity contribution < 1.29 is 8.42 Å². The zero-order valence-corrected chi connectivity index (χ0v) is 9.26. The topological polar surface area (TPSA) is 34.1 Å². The van der Waals surface area contributed by atoms with Crippen molar-refractivity contribution in [3.63, 3.8) is 0 Å². The number of sulfone groups is 1. The van der Waals surface area contributed by atoms with Crippen molar-refractivity contribution in [2.75, 3.05) is 0 Å². The van der Waals surface area contributed by atoms with E-state index in [4.69, 9.17) is 0 Å². The van der Waals surface area contributed by atoms with Crippen LogP contribution in [0.2, 0.25) is 0 Å². The highest BCUT2D eigenvalue weighted by atomic mass is 32.2. The van der Waals surface area contributed by atoms with Gasteiger partial charge in [-0.1, -0.05) is 38.6 Å². The summed E-state index contributed by atoms with van der Waals surface area (Å²) in [5, 5.41) is 0. The molecule has 1 heterocycles. The van der Waals surface area contributed by atoms with Crippen LogP contribution in [0.25, 0.3) is 0 Å². The Morgan fingerprint density at radius 3 is 2.36 bits per heavy atom. The second-order valence-corrected chi connectivity index (χ2v) is 4.85. The van der Waals surface area contributed by atoms with Crippen molar-refractivity contribution in [3.8, 4) is 0 Å². The summed E-state index contributed by atoms with van der Waals surface area (Å²) in [7, 11) is -3.18. The van der Waals surface area contributed by atoms with Crippen LogP contribution in [0, 0.1) is 0 Å². The average molecular weight is 210 g/mol. The highest BCUT2D eigenvalue weighted by molar-refractivity contribution is 7.95. The summed E-state index contributed by atoms with van der Waals surface area (Å²) in [4.78, 5) is 0.735. The van der Waals surface area contributed by atoms with Crippen LogP contribution in [0.1, 0.15) is 19.4 Å². The van der Waals surface area contributed by atoms with E-state index in [1.54, 1.807) is 12.1 Å². The van der Waals surface area contributed by atoms with Gasteiger partial charge in [-0.2, -0.15) is 0 Å². The lowest BCUT2D eigenvalue weighted by atomic mass is 10.2. The van der Waals surface area contributed by atoms with Crippen LogP contribution in [0.5, 0.6) is 0 Å². The van der Waals surface area contributed by atoms with Crippen molar-refractivity contribution in [2.24, 2.45) is 0 Å². The molecule has 0 spiro atoms. The molecule has 76 valence electrons. The van der Waals surface area contributed by atoms with Gasteiger partial charge in [0.15, 0.2) is 0 Å². The number of fused-ring (bicyclic) bond motifs is 1. The second-order valence-electron chi connectivity index (χ2n) is 2.83. The molecule has 0 unspecified atom stereocenters. The van der Waals surface area contributed by atoms with Crippen LogP contribution < -0.4 is 0 Å². The molecule has 0 atom stereocenters. The van der Waals surface area contributed by atoms with Gasteiger partial charge in [-0.3, -0.25) is 0 Å². The summed E-state index contributed by atoms with van der Waals surface area (Å²) >= 11 is 0. The SMILES string of the molecule is C=C1Cc2ccccc2S1(=O)=O.CC. The summed E-state index contributed by atoms with van der Waals surface area (Å²) in [6.07, 6.45) is 0.471. The molecule has 1 aliphatic rings. The van der Waals surface area contributed by atoms with Crippen molar-refractivity contribution in [1.29, 1.82) is 0 Å². The van der Waals surface area contributed by atoms with Gasteiger partial charge in [-0.15, -0.1) is 0 Å². The molecule has 0 saturated carbocycles. The van der Waals surface area contributed by atoms with E-state index < -0.39 is 9.84 Å². The van der Waals surface area contributed by atoms with Crippen molar-refractivity contribution >= 4 is 9.84 Å². The van der Waals surface area contributed by atoms with Crippen molar-refractivity contribution in [3.05, 3.63) is 41.3 Å². The number of rotatable bonds is 0. The van der Waals surface area contributed by atoms with Crippen LogP contribution >= 0.6 is 0 Å². The molecule has 2 nitrogen and oxygen atoms in total. The fraction of sp³-hybridized carbons (Fsp3) is 0.273. The molecule has 0 fully saturated rings. The molecule has 0 aliphatic carbocycles. The average Bonchev–Trinajstić information content (AvgIpc) is 2.42. The number of hydrogen-bond acceptors (Lipinski definition) is 2. The summed E-state index contributed by atoms with van der Waals surface area (Å²) in [5.74, 6) is 0. The number of benzene rings is 1. The molecular formula is C11H14O2S. The normalized spacial score (nSPS) is 16.9. The first-order chi connectivity index (χ1) is 6.62. The predicted octanol–water partition coefficient (Wildman–Crippen LogP) is 2.56. The molecule has 0 N–H and O–H groups in total. The van der Waals surface area contributed by atoms with Crippen molar-refractivity contribution in [1.82, 2.24) is 0 Å². The van der Waals surface area contributed by atoms with E-state index >= 15 is 0 Å². The van der Waals surface area contributed by atoms with E-state index in [-0.39, 0.29) is 0 Å². The quantitative estimate of drug-likeness (QED) is 0.659. The molecule has 0 radical (unpaired) electrons. The standard InChI is InChI=1S/C9H8O2S.C2H6/c1-7-6-8-4-2-3-5-9(8)12(7,10)11;1-2/h2-5H,1,6H2;1-2H3. The highest BCUT2D eigenvalue weighted by Gasteiger charge is 2.28. The molecule has 1 aromatic rings. The smallest absolute Gasteiger partial charge is 0.202 e. The molecule has 0 aromatic heterocycles. The number of hydrogen-bond donors (Lipinski definition) is 0. The third-order valence-corrected chi connectivity index (χ3v) is 3.91. The van der Waals surface area contributed by atoms with Gasteiger partial charge in [0.2, 0.25) is 9.84 Å². The molecule has 1 aromatic carbocycles. The fourth-order valence-electron chi connectivity index (χ4n) is 1.37. The zero-order valence-electron chi connectivity index (χ0n) is 8.45. The lowest BCUT2D eigenvalue weighted by Crippen LogP contribution is -1.95. The lowest BCUT2D eigenvalue weighted by Gasteiger charge is -1.94. The molecule has 2 rings (SSSR count). The molecule has 0 amide bonds. The van der Waals surface area contributed by atoms with Gasteiger partial charge in [0.25, 0.3) is 0 Å². The fourth-order valence-corrected chi connectivity index (χ4v) is 2.77. The Morgan fingerprint density at radius 1 is 1.21 bits per heavy atom. The molecule has 14 heavy (non-hydrogen) atoms. The summed E-state index contributed by atoms with van der Waals surface area (Å²) in [5.41, 5.74) is 0.863.